The first-order valence-electron chi connectivity index (χ1n) is 5.01. The van der Waals surface area contributed by atoms with Crippen molar-refractivity contribution < 1.29 is 13.3 Å². The second kappa shape index (κ2) is 5.68. The third-order valence-corrected chi connectivity index (χ3v) is 6.50. The molecule has 0 aliphatic carbocycles. The molecular formula is C10H6BrClN2O4S2. The van der Waals surface area contributed by atoms with Crippen LogP contribution in [0.5, 0.6) is 0 Å². The van der Waals surface area contributed by atoms with Gasteiger partial charge in [-0.1, -0.05) is 11.6 Å². The average Bonchev–Trinajstić information content (AvgIpc) is 2.78. The molecule has 0 spiro atoms. The highest BCUT2D eigenvalue weighted by Gasteiger charge is 2.23. The summed E-state index contributed by atoms with van der Waals surface area (Å²) in [5.41, 5.74) is -0.548. The molecule has 106 valence electrons. The maximum Gasteiger partial charge on any atom is 0.294 e. The van der Waals surface area contributed by atoms with Gasteiger partial charge in [0.1, 0.15) is 5.69 Å². The van der Waals surface area contributed by atoms with Gasteiger partial charge < -0.3 is 0 Å². The van der Waals surface area contributed by atoms with Crippen LogP contribution in [0.25, 0.3) is 0 Å². The van der Waals surface area contributed by atoms with Crippen molar-refractivity contribution >= 4 is 60.3 Å². The first kappa shape index (κ1) is 15.2. The monoisotopic (exact) mass is 396 g/mol. The molecule has 0 fully saturated rings. The molecule has 1 heterocycles. The van der Waals surface area contributed by atoms with Crippen LogP contribution in [0.4, 0.5) is 11.4 Å². The van der Waals surface area contributed by atoms with Gasteiger partial charge in [-0.15, -0.1) is 11.3 Å². The topological polar surface area (TPSA) is 89.3 Å². The van der Waals surface area contributed by atoms with Crippen molar-refractivity contribution in [2.24, 2.45) is 0 Å². The lowest BCUT2D eigenvalue weighted by Crippen LogP contribution is -2.13. The number of hydrogen-bond donors (Lipinski definition) is 1. The Labute approximate surface area is 131 Å². The standard InChI is InChI=1S/C10H6BrClN2O4S2/c11-7-3-4-19-10(7)20(17,18)13-8-2-1-6(12)5-9(8)14(15)16/h1-5,13H. The van der Waals surface area contributed by atoms with Gasteiger partial charge in [-0.25, -0.2) is 8.42 Å². The fraction of sp³-hybridized carbons (Fsp3) is 0. The number of sulfonamides is 1. The van der Waals surface area contributed by atoms with E-state index in [1.54, 1.807) is 11.4 Å². The van der Waals surface area contributed by atoms with E-state index in [1.807, 2.05) is 0 Å². The van der Waals surface area contributed by atoms with Crippen LogP contribution in [0, 0.1) is 10.1 Å². The SMILES string of the molecule is O=[N+]([O-])c1cc(Cl)ccc1NS(=O)(=O)c1sccc1Br. The van der Waals surface area contributed by atoms with Crippen LogP contribution in [0.1, 0.15) is 0 Å². The largest absolute Gasteiger partial charge is 0.294 e. The Bertz CT molecular complexity index is 775. The molecule has 1 aromatic heterocycles. The van der Waals surface area contributed by atoms with Gasteiger partial charge >= 0.3 is 0 Å². The van der Waals surface area contributed by atoms with E-state index in [-0.39, 0.29) is 14.9 Å². The molecule has 10 heteroatoms. The van der Waals surface area contributed by atoms with Crippen molar-refractivity contribution in [3.63, 3.8) is 0 Å². The van der Waals surface area contributed by atoms with Crippen molar-refractivity contribution in [2.75, 3.05) is 4.72 Å². The number of thiophene rings is 1. The van der Waals surface area contributed by atoms with E-state index in [4.69, 9.17) is 11.6 Å². The summed E-state index contributed by atoms with van der Waals surface area (Å²) in [6, 6.07) is 5.29. The molecule has 0 saturated carbocycles. The van der Waals surface area contributed by atoms with Crippen LogP contribution in [0.15, 0.2) is 38.3 Å². The molecule has 2 aromatic rings. The van der Waals surface area contributed by atoms with Crippen molar-refractivity contribution in [1.82, 2.24) is 0 Å². The van der Waals surface area contributed by atoms with Crippen molar-refractivity contribution in [3.8, 4) is 0 Å². The lowest BCUT2D eigenvalue weighted by Gasteiger charge is -2.07. The summed E-state index contributed by atoms with van der Waals surface area (Å²) in [5, 5.41) is 12.7. The molecular weight excluding hydrogens is 392 g/mol. The first-order valence-corrected chi connectivity index (χ1v) is 8.54. The Morgan fingerprint density at radius 3 is 2.60 bits per heavy atom. The van der Waals surface area contributed by atoms with Crippen LogP contribution in [-0.2, 0) is 10.0 Å². The van der Waals surface area contributed by atoms with E-state index >= 15 is 0 Å². The molecule has 2 rings (SSSR count). The van der Waals surface area contributed by atoms with Gasteiger partial charge in [0.25, 0.3) is 15.7 Å². The predicted molar refractivity (Wildman–Crippen MR) is 80.9 cm³/mol. The zero-order chi connectivity index (χ0) is 14.9. The van der Waals surface area contributed by atoms with Gasteiger partial charge in [0, 0.05) is 15.6 Å². The molecule has 6 nitrogen and oxygen atoms in total. The number of benzene rings is 1. The first-order chi connectivity index (χ1) is 9.31. The summed E-state index contributed by atoms with van der Waals surface area (Å²) in [5.74, 6) is 0. The minimum atomic E-state index is -3.90. The second-order valence-electron chi connectivity index (χ2n) is 3.58. The van der Waals surface area contributed by atoms with E-state index in [9.17, 15) is 18.5 Å². The molecule has 0 aliphatic rings. The highest BCUT2D eigenvalue weighted by Crippen LogP contribution is 2.33. The quantitative estimate of drug-likeness (QED) is 0.626. The van der Waals surface area contributed by atoms with E-state index in [0.29, 0.717) is 4.47 Å². The highest BCUT2D eigenvalue weighted by atomic mass is 79.9. The minimum Gasteiger partial charge on any atom is -0.272 e. The van der Waals surface area contributed by atoms with Gasteiger partial charge in [-0.3, -0.25) is 14.8 Å². The zero-order valence-electron chi connectivity index (χ0n) is 9.54. The number of nitrogens with one attached hydrogen (secondary N) is 1. The molecule has 0 saturated heterocycles. The summed E-state index contributed by atoms with van der Waals surface area (Å²) in [6.45, 7) is 0. The Hall–Kier alpha value is -1.16. The summed E-state index contributed by atoms with van der Waals surface area (Å²) >= 11 is 9.78. The number of anilines is 1. The van der Waals surface area contributed by atoms with Crippen LogP contribution in [0.2, 0.25) is 5.02 Å². The minimum absolute atomic E-state index is 0.0433. The van der Waals surface area contributed by atoms with Gasteiger partial charge in [0.2, 0.25) is 0 Å². The number of nitro groups is 1. The molecule has 1 aromatic carbocycles. The van der Waals surface area contributed by atoms with Gasteiger partial charge in [-0.05, 0) is 39.5 Å². The van der Waals surface area contributed by atoms with Crippen LogP contribution < -0.4 is 4.72 Å². The number of halogens is 2. The number of nitro benzene ring substituents is 1. The third kappa shape index (κ3) is 3.11. The number of nitrogens with zero attached hydrogens (tertiary/aromatic N) is 1. The highest BCUT2D eigenvalue weighted by molar-refractivity contribution is 9.10. The lowest BCUT2D eigenvalue weighted by molar-refractivity contribution is -0.383. The van der Waals surface area contributed by atoms with E-state index in [2.05, 4.69) is 20.7 Å². The molecule has 0 atom stereocenters. The van der Waals surface area contributed by atoms with Gasteiger partial charge in [0.15, 0.2) is 4.21 Å². The predicted octanol–water partition coefficient (Wildman–Crippen LogP) is 3.87. The molecule has 20 heavy (non-hydrogen) atoms. The molecule has 0 aliphatic heterocycles. The normalized spacial score (nSPS) is 11.3. The Balaban J connectivity index is 2.45. The van der Waals surface area contributed by atoms with Crippen molar-refractivity contribution in [2.45, 2.75) is 4.21 Å². The maximum absolute atomic E-state index is 12.2. The third-order valence-electron chi connectivity index (χ3n) is 2.23. The van der Waals surface area contributed by atoms with Crippen LogP contribution in [0.3, 0.4) is 0 Å². The van der Waals surface area contributed by atoms with Crippen LogP contribution in [-0.4, -0.2) is 13.3 Å². The van der Waals surface area contributed by atoms with Crippen molar-refractivity contribution in [3.05, 3.63) is 49.3 Å². The van der Waals surface area contributed by atoms with Gasteiger partial charge in [0.05, 0.1) is 4.92 Å². The zero-order valence-corrected chi connectivity index (χ0v) is 13.5. The average molecular weight is 398 g/mol. The molecule has 0 bridgehead atoms. The summed E-state index contributed by atoms with van der Waals surface area (Å²) in [7, 11) is -3.90. The number of hydrogen-bond acceptors (Lipinski definition) is 5. The summed E-state index contributed by atoms with van der Waals surface area (Å²) < 4.78 is 26.9. The second-order valence-corrected chi connectivity index (χ2v) is 7.66. The lowest BCUT2D eigenvalue weighted by atomic mass is 10.3. The maximum atomic E-state index is 12.2. The van der Waals surface area contributed by atoms with Crippen molar-refractivity contribution in [1.29, 1.82) is 0 Å². The van der Waals surface area contributed by atoms with E-state index in [0.717, 1.165) is 17.4 Å². The molecule has 0 unspecified atom stereocenters. The summed E-state index contributed by atoms with van der Waals surface area (Å²) in [4.78, 5) is 10.2. The smallest absolute Gasteiger partial charge is 0.272 e. The fourth-order valence-electron chi connectivity index (χ4n) is 1.40. The molecule has 0 radical (unpaired) electrons. The summed E-state index contributed by atoms with van der Waals surface area (Å²) in [6.07, 6.45) is 0. The number of rotatable bonds is 4. The Morgan fingerprint density at radius 1 is 1.35 bits per heavy atom. The molecule has 0 amide bonds. The van der Waals surface area contributed by atoms with E-state index in [1.165, 1.54) is 12.1 Å². The fourth-order valence-corrected chi connectivity index (χ4v) is 4.98. The van der Waals surface area contributed by atoms with Crippen LogP contribution >= 0.6 is 38.9 Å². The van der Waals surface area contributed by atoms with E-state index < -0.39 is 20.6 Å². The molecule has 1 N–H and O–H groups in total. The van der Waals surface area contributed by atoms with Gasteiger partial charge in [-0.2, -0.15) is 0 Å². The Kier molecular flexibility index (Phi) is 4.33. The Morgan fingerprint density at radius 2 is 2.05 bits per heavy atom.